The highest BCUT2D eigenvalue weighted by atomic mass is 79.9. The maximum atomic E-state index is 4.41. The Balaban J connectivity index is 1.94. The molecule has 21 heavy (non-hydrogen) atoms. The Morgan fingerprint density at radius 2 is 1.86 bits per heavy atom. The molecule has 0 aliphatic heterocycles. The quantitative estimate of drug-likeness (QED) is 0.672. The number of benzene rings is 2. The molecule has 0 saturated heterocycles. The van der Waals surface area contributed by atoms with Crippen molar-refractivity contribution in [1.29, 1.82) is 0 Å². The summed E-state index contributed by atoms with van der Waals surface area (Å²) in [5, 5.41) is 4.81. The van der Waals surface area contributed by atoms with Crippen molar-refractivity contribution in [2.75, 3.05) is 5.32 Å². The van der Waals surface area contributed by atoms with E-state index in [0.29, 0.717) is 6.04 Å². The van der Waals surface area contributed by atoms with Crippen LogP contribution in [0.2, 0.25) is 0 Å². The normalized spacial score (nSPS) is 12.3. The van der Waals surface area contributed by atoms with Gasteiger partial charge in [0, 0.05) is 21.7 Å². The Bertz CT molecular complexity index is 732. The summed E-state index contributed by atoms with van der Waals surface area (Å²) in [5.74, 6) is 0. The van der Waals surface area contributed by atoms with Gasteiger partial charge in [-0.25, -0.2) is 0 Å². The van der Waals surface area contributed by atoms with E-state index in [1.165, 1.54) is 5.56 Å². The fourth-order valence-electron chi connectivity index (χ4n) is 2.53. The second kappa shape index (κ2) is 6.27. The van der Waals surface area contributed by atoms with E-state index in [4.69, 9.17) is 0 Å². The van der Waals surface area contributed by atoms with Crippen molar-refractivity contribution < 1.29 is 0 Å². The van der Waals surface area contributed by atoms with Crippen LogP contribution in [-0.4, -0.2) is 4.98 Å². The zero-order valence-corrected chi connectivity index (χ0v) is 13.5. The predicted octanol–water partition coefficient (Wildman–Crippen LogP) is 5.56. The number of anilines is 1. The highest BCUT2D eigenvalue weighted by Crippen LogP contribution is 2.28. The van der Waals surface area contributed by atoms with Gasteiger partial charge in [-0.05, 0) is 48.4 Å². The molecule has 0 saturated carbocycles. The number of nitrogens with zero attached hydrogens (tertiary/aromatic N) is 1. The maximum absolute atomic E-state index is 4.41. The molecule has 1 N–H and O–H groups in total. The van der Waals surface area contributed by atoms with Crippen molar-refractivity contribution in [3.8, 4) is 0 Å². The molecule has 2 aromatic carbocycles. The smallest absolute Gasteiger partial charge is 0.0722 e. The van der Waals surface area contributed by atoms with E-state index < -0.39 is 0 Å². The summed E-state index contributed by atoms with van der Waals surface area (Å²) in [5.41, 5.74) is 3.45. The standard InChI is InChI=1S/C18H17BrN2/c1-2-16(13-8-10-14(19)11-9-13)21-18-7-3-6-17-15(18)5-4-12-20-17/h3-12,16,21H,2H2,1H3. The summed E-state index contributed by atoms with van der Waals surface area (Å²) in [6.07, 6.45) is 2.86. The molecule has 3 rings (SSSR count). The molecule has 106 valence electrons. The number of hydrogen-bond donors (Lipinski definition) is 1. The number of aromatic nitrogens is 1. The largest absolute Gasteiger partial charge is 0.378 e. The van der Waals surface area contributed by atoms with Gasteiger partial charge in [0.25, 0.3) is 0 Å². The third-order valence-corrected chi connectivity index (χ3v) is 4.18. The average molecular weight is 341 g/mol. The van der Waals surface area contributed by atoms with E-state index in [1.807, 2.05) is 24.4 Å². The fraction of sp³-hybridized carbons (Fsp3) is 0.167. The Morgan fingerprint density at radius 3 is 2.62 bits per heavy atom. The van der Waals surface area contributed by atoms with Crippen LogP contribution < -0.4 is 5.32 Å². The minimum absolute atomic E-state index is 0.295. The molecule has 0 aliphatic carbocycles. The molecule has 3 heteroatoms. The Hall–Kier alpha value is -1.87. The van der Waals surface area contributed by atoms with Gasteiger partial charge in [-0.2, -0.15) is 0 Å². The summed E-state index contributed by atoms with van der Waals surface area (Å²) in [6.45, 7) is 2.20. The van der Waals surface area contributed by atoms with Crippen molar-refractivity contribution in [3.63, 3.8) is 0 Å². The molecule has 0 spiro atoms. The van der Waals surface area contributed by atoms with Crippen LogP contribution >= 0.6 is 15.9 Å². The number of hydrogen-bond acceptors (Lipinski definition) is 2. The van der Waals surface area contributed by atoms with Crippen LogP contribution in [0.15, 0.2) is 65.3 Å². The van der Waals surface area contributed by atoms with Gasteiger partial charge in [-0.3, -0.25) is 4.98 Å². The number of rotatable bonds is 4. The number of nitrogens with one attached hydrogen (secondary N) is 1. The molecule has 1 unspecified atom stereocenters. The summed E-state index contributed by atoms with van der Waals surface area (Å²) in [4.78, 5) is 4.41. The highest BCUT2D eigenvalue weighted by molar-refractivity contribution is 9.10. The third kappa shape index (κ3) is 3.08. The van der Waals surface area contributed by atoms with Gasteiger partial charge in [0.05, 0.1) is 11.6 Å². The summed E-state index contributed by atoms with van der Waals surface area (Å²) in [6, 6.07) is 19.1. The van der Waals surface area contributed by atoms with E-state index >= 15 is 0 Å². The summed E-state index contributed by atoms with van der Waals surface area (Å²) >= 11 is 3.49. The minimum Gasteiger partial charge on any atom is -0.378 e. The Kier molecular flexibility index (Phi) is 4.20. The third-order valence-electron chi connectivity index (χ3n) is 3.66. The van der Waals surface area contributed by atoms with Gasteiger partial charge in [-0.15, -0.1) is 0 Å². The molecule has 1 heterocycles. The summed E-state index contributed by atoms with van der Waals surface area (Å²) in [7, 11) is 0. The van der Waals surface area contributed by atoms with E-state index in [-0.39, 0.29) is 0 Å². The number of pyridine rings is 1. The predicted molar refractivity (Wildman–Crippen MR) is 92.5 cm³/mol. The molecule has 0 radical (unpaired) electrons. The topological polar surface area (TPSA) is 24.9 Å². The molecule has 0 amide bonds. The molecular weight excluding hydrogens is 324 g/mol. The number of halogens is 1. The van der Waals surface area contributed by atoms with E-state index in [1.54, 1.807) is 0 Å². The second-order valence-electron chi connectivity index (χ2n) is 5.03. The second-order valence-corrected chi connectivity index (χ2v) is 5.95. The zero-order chi connectivity index (χ0) is 14.7. The van der Waals surface area contributed by atoms with Crippen molar-refractivity contribution in [3.05, 3.63) is 70.8 Å². The lowest BCUT2D eigenvalue weighted by molar-refractivity contribution is 0.750. The average Bonchev–Trinajstić information content (AvgIpc) is 2.54. The van der Waals surface area contributed by atoms with E-state index in [2.05, 4.69) is 69.6 Å². The molecule has 2 nitrogen and oxygen atoms in total. The first kappa shape index (κ1) is 14.1. The highest BCUT2D eigenvalue weighted by Gasteiger charge is 2.10. The summed E-state index contributed by atoms with van der Waals surface area (Å²) < 4.78 is 1.11. The van der Waals surface area contributed by atoms with Gasteiger partial charge in [0.15, 0.2) is 0 Å². The molecule has 1 aromatic heterocycles. The lowest BCUT2D eigenvalue weighted by Crippen LogP contribution is -2.09. The lowest BCUT2D eigenvalue weighted by atomic mass is 10.0. The monoisotopic (exact) mass is 340 g/mol. The van der Waals surface area contributed by atoms with Crippen LogP contribution in [0.4, 0.5) is 5.69 Å². The molecule has 0 aliphatic rings. The molecule has 1 atom stereocenters. The van der Waals surface area contributed by atoms with Crippen molar-refractivity contribution in [1.82, 2.24) is 4.98 Å². The van der Waals surface area contributed by atoms with Gasteiger partial charge < -0.3 is 5.32 Å². The van der Waals surface area contributed by atoms with Crippen molar-refractivity contribution in [2.24, 2.45) is 0 Å². The van der Waals surface area contributed by atoms with E-state index in [0.717, 1.165) is 27.5 Å². The van der Waals surface area contributed by atoms with Crippen molar-refractivity contribution in [2.45, 2.75) is 19.4 Å². The molecule has 0 bridgehead atoms. The van der Waals surface area contributed by atoms with Gasteiger partial charge in [0.1, 0.15) is 0 Å². The maximum Gasteiger partial charge on any atom is 0.0722 e. The van der Waals surface area contributed by atoms with Crippen LogP contribution in [0.5, 0.6) is 0 Å². The van der Waals surface area contributed by atoms with Crippen LogP contribution in [0.3, 0.4) is 0 Å². The van der Waals surface area contributed by atoms with Gasteiger partial charge in [0.2, 0.25) is 0 Å². The first-order valence-electron chi connectivity index (χ1n) is 7.13. The van der Waals surface area contributed by atoms with Gasteiger partial charge >= 0.3 is 0 Å². The van der Waals surface area contributed by atoms with Gasteiger partial charge in [-0.1, -0.05) is 41.1 Å². The minimum atomic E-state index is 0.295. The molecule has 3 aromatic rings. The number of fused-ring (bicyclic) bond motifs is 1. The SMILES string of the molecule is CCC(Nc1cccc2ncccc12)c1ccc(Br)cc1. The first-order chi connectivity index (χ1) is 10.3. The lowest BCUT2D eigenvalue weighted by Gasteiger charge is -2.20. The molecular formula is C18H17BrN2. The zero-order valence-electron chi connectivity index (χ0n) is 11.9. The van der Waals surface area contributed by atoms with Crippen LogP contribution in [0, 0.1) is 0 Å². The molecule has 0 fully saturated rings. The van der Waals surface area contributed by atoms with Crippen LogP contribution in [0.1, 0.15) is 24.9 Å². The van der Waals surface area contributed by atoms with Crippen molar-refractivity contribution >= 4 is 32.5 Å². The Labute approximate surface area is 133 Å². The Morgan fingerprint density at radius 1 is 1.05 bits per heavy atom. The van der Waals surface area contributed by atoms with Crippen LogP contribution in [0.25, 0.3) is 10.9 Å². The van der Waals surface area contributed by atoms with Crippen LogP contribution in [-0.2, 0) is 0 Å². The van der Waals surface area contributed by atoms with E-state index in [9.17, 15) is 0 Å². The fourth-order valence-corrected chi connectivity index (χ4v) is 2.80. The first-order valence-corrected chi connectivity index (χ1v) is 7.93.